The summed E-state index contributed by atoms with van der Waals surface area (Å²) in [5.41, 5.74) is 2.62. The summed E-state index contributed by atoms with van der Waals surface area (Å²) in [6.45, 7) is 1.96. The topological polar surface area (TPSA) is 54.0 Å². The van der Waals surface area contributed by atoms with E-state index >= 15 is 0 Å². The molecule has 3 aromatic carbocycles. The van der Waals surface area contributed by atoms with Crippen molar-refractivity contribution in [1.82, 2.24) is 0 Å². The average molecular weight is 414 g/mol. The van der Waals surface area contributed by atoms with Gasteiger partial charge in [-0.2, -0.15) is 0 Å². The molecule has 31 heavy (non-hydrogen) atoms. The Labute approximate surface area is 181 Å². The maximum absolute atomic E-state index is 13.3. The van der Waals surface area contributed by atoms with Crippen molar-refractivity contribution in [2.45, 2.75) is 6.92 Å². The quantitative estimate of drug-likeness (QED) is 0.533. The maximum Gasteiger partial charge on any atom is 0.263 e. The highest BCUT2D eigenvalue weighted by Crippen LogP contribution is 2.36. The van der Waals surface area contributed by atoms with Crippen LogP contribution in [0.15, 0.2) is 78.2 Å². The molecule has 5 nitrogen and oxygen atoms in total. The third kappa shape index (κ3) is 4.61. The van der Waals surface area contributed by atoms with E-state index in [2.05, 4.69) is 0 Å². The average Bonchev–Trinajstić information content (AvgIpc) is 2.91. The highest BCUT2D eigenvalue weighted by atomic mass is 16.5. The third-order valence-corrected chi connectivity index (χ3v) is 4.81. The van der Waals surface area contributed by atoms with E-state index in [9.17, 15) is 4.79 Å². The molecule has 5 heteroatoms. The second-order valence-corrected chi connectivity index (χ2v) is 7.05. The first-order valence-corrected chi connectivity index (χ1v) is 9.78. The molecule has 1 aliphatic rings. The van der Waals surface area contributed by atoms with Gasteiger partial charge in [-0.25, -0.2) is 0 Å². The van der Waals surface area contributed by atoms with E-state index in [1.807, 2.05) is 67.6 Å². The fourth-order valence-corrected chi connectivity index (χ4v) is 3.12. The molecule has 0 atom stereocenters. The van der Waals surface area contributed by atoms with Crippen molar-refractivity contribution in [1.29, 1.82) is 0 Å². The summed E-state index contributed by atoms with van der Waals surface area (Å²) in [5.74, 6) is 2.45. The van der Waals surface area contributed by atoms with E-state index in [0.29, 0.717) is 11.5 Å². The number of methoxy groups -OCH3 is 2. The zero-order chi connectivity index (χ0) is 21.8. The van der Waals surface area contributed by atoms with Gasteiger partial charge in [0.1, 0.15) is 11.5 Å². The first-order chi connectivity index (χ1) is 15.1. The van der Waals surface area contributed by atoms with Crippen molar-refractivity contribution in [3.63, 3.8) is 0 Å². The van der Waals surface area contributed by atoms with Gasteiger partial charge in [0.25, 0.3) is 5.78 Å². The second kappa shape index (κ2) is 8.79. The van der Waals surface area contributed by atoms with Crippen molar-refractivity contribution >= 4 is 17.9 Å². The fourth-order valence-electron chi connectivity index (χ4n) is 3.12. The van der Waals surface area contributed by atoms with Gasteiger partial charge < -0.3 is 18.9 Å². The van der Waals surface area contributed by atoms with Crippen molar-refractivity contribution < 1.29 is 23.7 Å². The normalized spacial score (nSPS) is 15.6. The number of carbonyl (C=O) groups is 1. The molecular weight excluding hydrogens is 392 g/mol. The molecule has 0 unspecified atom stereocenters. The summed E-state index contributed by atoms with van der Waals surface area (Å²) < 4.78 is 22.4. The lowest BCUT2D eigenvalue weighted by Gasteiger charge is -2.07. The smallest absolute Gasteiger partial charge is 0.263 e. The number of ketones is 1. The number of carbonyl (C=O) groups excluding carboxylic acids is 1. The summed E-state index contributed by atoms with van der Waals surface area (Å²) in [5, 5.41) is 0. The Morgan fingerprint density at radius 3 is 1.65 bits per heavy atom. The molecule has 0 radical (unpaired) electrons. The SMILES string of the molecule is COc1ccc(C=C2Oc3ccc(C)cc3OC(=Cc3ccc(OC)cc3)C2=O)cc1. The number of aryl methyl sites for hydroxylation is 1. The minimum absolute atomic E-state index is 0.174. The van der Waals surface area contributed by atoms with Crippen molar-refractivity contribution in [3.8, 4) is 23.0 Å². The maximum atomic E-state index is 13.3. The third-order valence-electron chi connectivity index (χ3n) is 4.81. The number of rotatable bonds is 4. The van der Waals surface area contributed by atoms with Gasteiger partial charge in [-0.3, -0.25) is 4.79 Å². The van der Waals surface area contributed by atoms with E-state index in [1.54, 1.807) is 32.4 Å². The number of ether oxygens (including phenoxy) is 4. The molecule has 4 rings (SSSR count). The summed E-state index contributed by atoms with van der Waals surface area (Å²) in [7, 11) is 3.22. The largest absolute Gasteiger partial charge is 0.497 e. The predicted molar refractivity (Wildman–Crippen MR) is 119 cm³/mol. The van der Waals surface area contributed by atoms with Gasteiger partial charge in [0.15, 0.2) is 23.0 Å². The molecule has 0 spiro atoms. The number of benzene rings is 3. The molecule has 0 aromatic heterocycles. The molecule has 0 saturated heterocycles. The van der Waals surface area contributed by atoms with Crippen LogP contribution in [0.4, 0.5) is 0 Å². The van der Waals surface area contributed by atoms with Crippen LogP contribution in [0.25, 0.3) is 12.2 Å². The van der Waals surface area contributed by atoms with Crippen molar-refractivity contribution in [2.24, 2.45) is 0 Å². The molecule has 156 valence electrons. The van der Waals surface area contributed by atoms with Crippen LogP contribution in [-0.4, -0.2) is 20.0 Å². The Morgan fingerprint density at radius 1 is 0.677 bits per heavy atom. The zero-order valence-electron chi connectivity index (χ0n) is 17.5. The molecule has 0 fully saturated rings. The van der Waals surface area contributed by atoms with Crippen LogP contribution < -0.4 is 18.9 Å². The van der Waals surface area contributed by atoms with Gasteiger partial charge in [0.05, 0.1) is 14.2 Å². The van der Waals surface area contributed by atoms with Crippen LogP contribution in [0.3, 0.4) is 0 Å². The molecule has 0 bridgehead atoms. The fraction of sp³-hybridized carbons (Fsp3) is 0.115. The molecule has 1 aliphatic heterocycles. The Bertz CT molecular complexity index is 1160. The molecule has 1 heterocycles. The number of Topliss-reactive ketones (excluding diaryl/α,β-unsaturated/α-hetero) is 1. The Hall–Kier alpha value is -3.99. The summed E-state index contributed by atoms with van der Waals surface area (Å²) >= 11 is 0. The highest BCUT2D eigenvalue weighted by molar-refractivity contribution is 6.11. The minimum Gasteiger partial charge on any atom is -0.497 e. The van der Waals surface area contributed by atoms with E-state index in [1.165, 1.54) is 0 Å². The number of fused-ring (bicyclic) bond motifs is 1. The second-order valence-electron chi connectivity index (χ2n) is 7.05. The predicted octanol–water partition coefficient (Wildman–Crippen LogP) is 5.43. The molecule has 0 N–H and O–H groups in total. The summed E-state index contributed by atoms with van der Waals surface area (Å²) in [4.78, 5) is 13.3. The Kier molecular flexibility index (Phi) is 5.76. The Balaban J connectivity index is 1.77. The molecule has 0 saturated carbocycles. The monoisotopic (exact) mass is 414 g/mol. The molecule has 3 aromatic rings. The standard InChI is InChI=1S/C26H22O5/c1-17-4-13-22-23(14-17)31-25(16-19-7-11-21(29-3)12-8-19)26(27)24(30-22)15-18-5-9-20(28-2)10-6-18/h4-16H,1-3H3. The van der Waals surface area contributed by atoms with Gasteiger partial charge in [0, 0.05) is 0 Å². The van der Waals surface area contributed by atoms with Crippen molar-refractivity contribution in [3.05, 3.63) is 94.9 Å². The first kappa shape index (κ1) is 20.3. The lowest BCUT2D eigenvalue weighted by Crippen LogP contribution is -2.12. The van der Waals surface area contributed by atoms with E-state index < -0.39 is 0 Å². The molecular formula is C26H22O5. The highest BCUT2D eigenvalue weighted by Gasteiger charge is 2.26. The minimum atomic E-state index is -0.347. The molecule has 0 aliphatic carbocycles. The van der Waals surface area contributed by atoms with Crippen LogP contribution >= 0.6 is 0 Å². The van der Waals surface area contributed by atoms with Gasteiger partial charge in [-0.1, -0.05) is 30.3 Å². The van der Waals surface area contributed by atoms with E-state index in [4.69, 9.17) is 18.9 Å². The summed E-state index contributed by atoms with van der Waals surface area (Å²) in [6.07, 6.45) is 3.40. The van der Waals surface area contributed by atoms with Gasteiger partial charge in [-0.05, 0) is 72.2 Å². The number of hydrogen-bond donors (Lipinski definition) is 0. The zero-order valence-corrected chi connectivity index (χ0v) is 17.5. The van der Waals surface area contributed by atoms with Gasteiger partial charge >= 0.3 is 0 Å². The van der Waals surface area contributed by atoms with E-state index in [-0.39, 0.29) is 17.3 Å². The van der Waals surface area contributed by atoms with Gasteiger partial charge in [-0.15, -0.1) is 0 Å². The van der Waals surface area contributed by atoms with Crippen LogP contribution in [0.5, 0.6) is 23.0 Å². The Morgan fingerprint density at radius 2 is 1.16 bits per heavy atom. The number of hydrogen-bond acceptors (Lipinski definition) is 5. The van der Waals surface area contributed by atoms with E-state index in [0.717, 1.165) is 28.2 Å². The van der Waals surface area contributed by atoms with Crippen molar-refractivity contribution in [2.75, 3.05) is 14.2 Å². The molecule has 0 amide bonds. The van der Waals surface area contributed by atoms with Crippen LogP contribution in [0.1, 0.15) is 16.7 Å². The van der Waals surface area contributed by atoms with Crippen LogP contribution in [-0.2, 0) is 4.79 Å². The van der Waals surface area contributed by atoms with Crippen LogP contribution in [0, 0.1) is 6.92 Å². The lowest BCUT2D eigenvalue weighted by molar-refractivity contribution is -0.115. The first-order valence-electron chi connectivity index (χ1n) is 9.78. The van der Waals surface area contributed by atoms with Gasteiger partial charge in [0.2, 0.25) is 0 Å². The lowest BCUT2D eigenvalue weighted by atomic mass is 10.1. The summed E-state index contributed by atoms with van der Waals surface area (Å²) in [6, 6.07) is 20.3. The van der Waals surface area contributed by atoms with Crippen LogP contribution in [0.2, 0.25) is 0 Å².